The number of carbonyl (C=O) groups is 3. The summed E-state index contributed by atoms with van der Waals surface area (Å²) in [6.07, 6.45) is 2.47. The number of likely N-dealkylation sites (N-methyl/N-ethyl adjacent to an activating group) is 1. The molecule has 2 amide bonds. The first-order chi connectivity index (χ1) is 15.8. The normalized spacial score (nSPS) is 16.3. The summed E-state index contributed by atoms with van der Waals surface area (Å²) >= 11 is 0. The van der Waals surface area contributed by atoms with Gasteiger partial charge in [-0.3, -0.25) is 4.79 Å². The lowest BCUT2D eigenvalue weighted by Gasteiger charge is -2.52. The number of nitrogens with zero attached hydrogens (tertiary/aromatic N) is 1. The molecule has 1 aromatic rings. The van der Waals surface area contributed by atoms with Gasteiger partial charge in [0.05, 0.1) is 20.5 Å². The van der Waals surface area contributed by atoms with Crippen molar-refractivity contribution in [1.29, 1.82) is 0 Å². The van der Waals surface area contributed by atoms with Crippen molar-refractivity contribution in [2.24, 2.45) is 0 Å². The smallest absolute Gasteiger partial charge is 0.386 e. The zero-order valence-electron chi connectivity index (χ0n) is 20.1. The number of alkyl halides is 3. The van der Waals surface area contributed by atoms with E-state index in [0.717, 1.165) is 12.8 Å². The Kier molecular flexibility index (Phi) is 9.49. The van der Waals surface area contributed by atoms with Crippen LogP contribution in [0.2, 0.25) is 0 Å². The van der Waals surface area contributed by atoms with E-state index in [4.69, 9.17) is 0 Å². The third kappa shape index (κ3) is 8.96. The number of quaternary nitrogens is 1. The molecule has 1 fully saturated rings. The first-order valence-electron chi connectivity index (χ1n) is 11.7. The number of halogens is 3. The zero-order chi connectivity index (χ0) is 25.4. The maximum atomic E-state index is 12.5. The van der Waals surface area contributed by atoms with Gasteiger partial charge in [0.1, 0.15) is 13.1 Å². The molecule has 1 aliphatic rings. The molecule has 0 unspecified atom stereocenters. The van der Waals surface area contributed by atoms with Gasteiger partial charge in [0, 0.05) is 5.69 Å². The Hall–Kier alpha value is -2.62. The average Bonchev–Trinajstić information content (AvgIpc) is 2.69. The van der Waals surface area contributed by atoms with Crippen LogP contribution >= 0.6 is 0 Å². The van der Waals surface area contributed by atoms with E-state index in [1.165, 1.54) is 37.7 Å². The molecular weight excluding hydrogens is 451 g/mol. The monoisotopic (exact) mass is 486 g/mol. The number of anilines is 1. The lowest BCUT2D eigenvalue weighted by molar-refractivity contribution is -0.940. The number of ether oxygens (including phenoxy) is 1. The molecule has 0 radical (unpaired) electrons. The van der Waals surface area contributed by atoms with Gasteiger partial charge < -0.3 is 19.9 Å². The Morgan fingerprint density at radius 3 is 2.15 bits per heavy atom. The molecule has 0 aliphatic carbocycles. The second-order valence-electron chi connectivity index (χ2n) is 9.76. The van der Waals surface area contributed by atoms with Gasteiger partial charge in [-0.15, -0.1) is 0 Å². The van der Waals surface area contributed by atoms with Crippen LogP contribution in [0.1, 0.15) is 57.4 Å². The van der Waals surface area contributed by atoms with E-state index in [9.17, 15) is 27.6 Å². The van der Waals surface area contributed by atoms with Crippen molar-refractivity contribution >= 4 is 23.7 Å². The highest BCUT2D eigenvalue weighted by molar-refractivity contribution is 5.92. The Morgan fingerprint density at radius 1 is 1.00 bits per heavy atom. The van der Waals surface area contributed by atoms with Gasteiger partial charge in [-0.25, -0.2) is 9.59 Å². The molecule has 0 saturated carbocycles. The van der Waals surface area contributed by atoms with Crippen LogP contribution in [0.3, 0.4) is 0 Å². The number of hydrogen-bond acceptors (Lipinski definition) is 4. The largest absolute Gasteiger partial charge is 0.491 e. The van der Waals surface area contributed by atoms with Crippen molar-refractivity contribution in [3.05, 3.63) is 29.8 Å². The second-order valence-corrected chi connectivity index (χ2v) is 9.76. The fourth-order valence-corrected chi connectivity index (χ4v) is 4.57. The number of carbonyl (C=O) groups excluding carboxylic acids is 3. The van der Waals surface area contributed by atoms with Crippen LogP contribution in [0.15, 0.2) is 24.3 Å². The lowest BCUT2D eigenvalue weighted by atomic mass is 9.84. The van der Waals surface area contributed by atoms with E-state index < -0.39 is 36.1 Å². The van der Waals surface area contributed by atoms with E-state index in [2.05, 4.69) is 22.3 Å². The summed E-state index contributed by atoms with van der Waals surface area (Å²) < 4.78 is 41.4. The Morgan fingerprint density at radius 2 is 1.59 bits per heavy atom. The number of rotatable bonds is 11. The summed E-state index contributed by atoms with van der Waals surface area (Å²) in [5.41, 5.74) is 0.629. The topological polar surface area (TPSA) is 84.5 Å². The van der Waals surface area contributed by atoms with E-state index >= 15 is 0 Å². The van der Waals surface area contributed by atoms with Crippen molar-refractivity contribution in [3.8, 4) is 0 Å². The van der Waals surface area contributed by atoms with Crippen LogP contribution in [-0.4, -0.2) is 61.4 Å². The van der Waals surface area contributed by atoms with Gasteiger partial charge in [0.15, 0.2) is 5.54 Å². The number of hydrogen-bond donors (Lipinski definition) is 2. The van der Waals surface area contributed by atoms with Crippen LogP contribution in [-0.2, 0) is 20.7 Å². The number of likely N-dealkylation sites (tertiary alicyclic amines) is 1. The van der Waals surface area contributed by atoms with Crippen molar-refractivity contribution in [2.45, 2.75) is 70.0 Å². The van der Waals surface area contributed by atoms with Crippen LogP contribution in [0, 0.1) is 0 Å². The number of amides is 2. The van der Waals surface area contributed by atoms with E-state index in [1.54, 1.807) is 12.1 Å². The molecule has 1 aromatic carbocycles. The molecule has 1 saturated heterocycles. The van der Waals surface area contributed by atoms with E-state index in [0.29, 0.717) is 23.3 Å². The van der Waals surface area contributed by atoms with Crippen LogP contribution in [0.25, 0.3) is 0 Å². The molecule has 34 heavy (non-hydrogen) atoms. The van der Waals surface area contributed by atoms with Gasteiger partial charge >= 0.3 is 24.1 Å². The van der Waals surface area contributed by atoms with Gasteiger partial charge in [-0.05, 0) is 30.5 Å². The minimum absolute atomic E-state index is 0.299. The highest BCUT2D eigenvalue weighted by Gasteiger charge is 2.55. The molecule has 2 N–H and O–H groups in total. The Bertz CT molecular complexity index is 846. The van der Waals surface area contributed by atoms with Gasteiger partial charge in [0.25, 0.3) is 0 Å². The SMILES string of the molecule is CCCCCCCCc1ccc(NC(=O)NC2(CC(=O)OC(=O)C(F)(F)F)C[N+](C)(C)C2)cc1. The third-order valence-corrected chi connectivity index (χ3v) is 5.79. The molecule has 0 aromatic heterocycles. The van der Waals surface area contributed by atoms with Gasteiger partial charge in [-0.2, -0.15) is 13.2 Å². The first kappa shape index (κ1) is 27.6. The maximum Gasteiger partial charge on any atom is 0.491 e. The summed E-state index contributed by atoms with van der Waals surface area (Å²) in [5, 5.41) is 5.38. The molecule has 0 atom stereocenters. The molecule has 0 spiro atoms. The molecule has 0 bridgehead atoms. The highest BCUT2D eigenvalue weighted by Crippen LogP contribution is 2.30. The molecule has 1 aliphatic heterocycles. The molecular formula is C24H35F3N3O4+. The van der Waals surface area contributed by atoms with Crippen molar-refractivity contribution in [3.63, 3.8) is 0 Å². The van der Waals surface area contributed by atoms with Crippen LogP contribution < -0.4 is 10.6 Å². The predicted octanol–water partition coefficient (Wildman–Crippen LogP) is 4.56. The molecule has 10 heteroatoms. The summed E-state index contributed by atoms with van der Waals surface area (Å²) in [6.45, 7) is 2.79. The van der Waals surface area contributed by atoms with E-state index in [-0.39, 0.29) is 0 Å². The number of urea groups is 1. The number of unbranched alkanes of at least 4 members (excludes halogenated alkanes) is 5. The van der Waals surface area contributed by atoms with E-state index in [1.807, 2.05) is 26.2 Å². The van der Waals surface area contributed by atoms with Gasteiger partial charge in [-0.1, -0.05) is 51.2 Å². The van der Waals surface area contributed by atoms with Crippen LogP contribution in [0.4, 0.5) is 23.7 Å². The average molecular weight is 487 g/mol. The zero-order valence-corrected chi connectivity index (χ0v) is 20.1. The van der Waals surface area contributed by atoms with Crippen LogP contribution in [0.5, 0.6) is 0 Å². The summed E-state index contributed by atoms with van der Waals surface area (Å²) in [6, 6.07) is 6.88. The highest BCUT2D eigenvalue weighted by atomic mass is 19.4. The second kappa shape index (κ2) is 11.7. The number of benzene rings is 1. The first-order valence-corrected chi connectivity index (χ1v) is 11.7. The molecule has 190 valence electrons. The number of aryl methyl sites for hydroxylation is 1. The molecule has 1 heterocycles. The quantitative estimate of drug-likeness (QED) is 0.208. The fourth-order valence-electron chi connectivity index (χ4n) is 4.57. The minimum atomic E-state index is -5.26. The van der Waals surface area contributed by atoms with Crippen molar-refractivity contribution in [2.75, 3.05) is 32.5 Å². The summed E-state index contributed by atoms with van der Waals surface area (Å²) in [7, 11) is 3.71. The predicted molar refractivity (Wildman–Crippen MR) is 122 cm³/mol. The fraction of sp³-hybridized carbons (Fsp3) is 0.625. The minimum Gasteiger partial charge on any atom is -0.386 e. The molecule has 2 rings (SSSR count). The maximum absolute atomic E-state index is 12.5. The number of nitrogens with one attached hydrogen (secondary N) is 2. The third-order valence-electron chi connectivity index (χ3n) is 5.79. The summed E-state index contributed by atoms with van der Waals surface area (Å²) in [5.74, 6) is -3.90. The lowest BCUT2D eigenvalue weighted by Crippen LogP contribution is -2.77. The van der Waals surface area contributed by atoms with Crippen molar-refractivity contribution in [1.82, 2.24) is 5.32 Å². The number of esters is 2. The Labute approximate surface area is 198 Å². The van der Waals surface area contributed by atoms with Crippen molar-refractivity contribution < 1.29 is 36.8 Å². The molecule has 7 nitrogen and oxygen atoms in total. The Balaban J connectivity index is 1.86. The van der Waals surface area contributed by atoms with Gasteiger partial charge in [0.2, 0.25) is 0 Å². The standard InChI is InChI=1S/C24H34F3N3O4/c1-4-5-6-7-8-9-10-18-11-13-19(14-12-18)28-22(33)29-23(16-30(2,3)17-23)15-20(31)34-21(32)24(25,26)27/h11-14H,4-10,15-17H2,1-3H3,(H-,28,29,33)/p+1. The summed E-state index contributed by atoms with van der Waals surface area (Å²) in [4.78, 5) is 35.4.